The lowest BCUT2D eigenvalue weighted by atomic mass is 10.1. The monoisotopic (exact) mass is 526 g/mol. The third-order valence-corrected chi connectivity index (χ3v) is 7.64. The molecule has 36 heavy (non-hydrogen) atoms. The number of aromatic nitrogens is 2. The summed E-state index contributed by atoms with van der Waals surface area (Å²) < 4.78 is 19.5. The lowest BCUT2D eigenvalue weighted by Crippen LogP contribution is -2.38. The Morgan fingerprint density at radius 2 is 2.00 bits per heavy atom. The van der Waals surface area contributed by atoms with E-state index < -0.39 is 12.0 Å². The fourth-order valence-electron chi connectivity index (χ4n) is 4.19. The van der Waals surface area contributed by atoms with Crippen molar-refractivity contribution in [1.82, 2.24) is 14.5 Å². The second kappa shape index (κ2) is 10.9. The van der Waals surface area contributed by atoms with Gasteiger partial charge in [-0.05, 0) is 25.1 Å². The fourth-order valence-corrected chi connectivity index (χ4v) is 5.45. The molecular formula is C26H27ClN4O4S. The van der Waals surface area contributed by atoms with Gasteiger partial charge in [-0.3, -0.25) is 14.3 Å². The first-order valence-electron chi connectivity index (χ1n) is 11.8. The smallest absolute Gasteiger partial charge is 0.262 e. The zero-order valence-corrected chi connectivity index (χ0v) is 21.4. The molecule has 2 N–H and O–H groups in total. The van der Waals surface area contributed by atoms with Gasteiger partial charge in [0.15, 0.2) is 0 Å². The van der Waals surface area contributed by atoms with Gasteiger partial charge in [0.1, 0.15) is 40.4 Å². The van der Waals surface area contributed by atoms with Crippen LogP contribution in [0.4, 0.5) is 0 Å². The van der Waals surface area contributed by atoms with Gasteiger partial charge in [-0.15, -0.1) is 11.3 Å². The maximum Gasteiger partial charge on any atom is 0.262 e. The summed E-state index contributed by atoms with van der Waals surface area (Å²) in [6.07, 6.45) is 1.28. The number of amides is 1. The van der Waals surface area contributed by atoms with Crippen molar-refractivity contribution in [2.24, 2.45) is 5.73 Å². The molecule has 2 aromatic heterocycles. The van der Waals surface area contributed by atoms with E-state index in [1.54, 1.807) is 6.33 Å². The van der Waals surface area contributed by atoms with Gasteiger partial charge in [0.2, 0.25) is 0 Å². The fraction of sp³-hybridized carbons (Fsp3) is 0.308. The molecule has 0 spiro atoms. The average Bonchev–Trinajstić information content (AvgIpc) is 3.50. The highest BCUT2D eigenvalue weighted by Gasteiger charge is 2.22. The molecule has 188 valence electrons. The summed E-state index contributed by atoms with van der Waals surface area (Å²) in [6, 6.07) is 15.2. The Morgan fingerprint density at radius 1 is 1.19 bits per heavy atom. The van der Waals surface area contributed by atoms with Crippen LogP contribution in [0.1, 0.15) is 28.3 Å². The summed E-state index contributed by atoms with van der Waals surface area (Å²) in [6.45, 7) is 6.52. The molecule has 2 aromatic carbocycles. The lowest BCUT2D eigenvalue weighted by Gasteiger charge is -2.26. The number of nitrogens with zero attached hydrogens (tertiary/aromatic N) is 3. The van der Waals surface area contributed by atoms with Gasteiger partial charge >= 0.3 is 0 Å². The number of carbonyl (C=O) groups excluding carboxylic acids is 1. The van der Waals surface area contributed by atoms with Gasteiger partial charge in [0.25, 0.3) is 5.91 Å². The molecule has 1 unspecified atom stereocenters. The molecule has 1 aliphatic rings. The van der Waals surface area contributed by atoms with E-state index in [1.807, 2.05) is 60.0 Å². The second-order valence-electron chi connectivity index (χ2n) is 8.47. The number of carbonyl (C=O) groups is 1. The van der Waals surface area contributed by atoms with Gasteiger partial charge in [0, 0.05) is 31.3 Å². The molecule has 1 fully saturated rings. The molecule has 0 bridgehead atoms. The van der Waals surface area contributed by atoms with Crippen molar-refractivity contribution in [3.8, 4) is 16.5 Å². The van der Waals surface area contributed by atoms with Crippen LogP contribution in [0.2, 0.25) is 5.02 Å². The van der Waals surface area contributed by atoms with E-state index in [9.17, 15) is 4.79 Å². The number of morpholine rings is 1. The molecule has 5 rings (SSSR count). The topological polar surface area (TPSA) is 91.8 Å². The lowest BCUT2D eigenvalue weighted by molar-refractivity contribution is 0.0322. The van der Waals surface area contributed by atoms with Crippen molar-refractivity contribution in [2.75, 3.05) is 39.5 Å². The quantitative estimate of drug-likeness (QED) is 0.340. The Labute approximate surface area is 218 Å². The maximum absolute atomic E-state index is 12.2. The number of thiophene rings is 1. The number of nitrogens with two attached hydrogens (primary N) is 1. The molecule has 3 heterocycles. The van der Waals surface area contributed by atoms with Crippen molar-refractivity contribution in [3.63, 3.8) is 0 Å². The number of hydrogen-bond acceptors (Lipinski definition) is 7. The van der Waals surface area contributed by atoms with Crippen LogP contribution < -0.4 is 15.2 Å². The number of imidazole rings is 1. The maximum atomic E-state index is 12.2. The van der Waals surface area contributed by atoms with Crippen molar-refractivity contribution >= 4 is 39.9 Å². The van der Waals surface area contributed by atoms with Crippen molar-refractivity contribution in [1.29, 1.82) is 0 Å². The largest absolute Gasteiger partial charge is 0.491 e. The van der Waals surface area contributed by atoms with E-state index >= 15 is 0 Å². The highest BCUT2D eigenvalue weighted by Crippen LogP contribution is 2.38. The van der Waals surface area contributed by atoms with E-state index in [4.69, 9.17) is 31.5 Å². The molecule has 1 aliphatic heterocycles. The minimum atomic E-state index is -0.552. The molecule has 0 aliphatic carbocycles. The molecule has 10 heteroatoms. The zero-order valence-electron chi connectivity index (χ0n) is 19.9. The third kappa shape index (κ3) is 5.19. The first kappa shape index (κ1) is 24.6. The van der Waals surface area contributed by atoms with Crippen molar-refractivity contribution in [3.05, 3.63) is 70.3 Å². The molecule has 4 aromatic rings. The average molecular weight is 527 g/mol. The molecule has 1 atom stereocenters. The van der Waals surface area contributed by atoms with Gasteiger partial charge in [-0.25, -0.2) is 4.98 Å². The van der Waals surface area contributed by atoms with Crippen LogP contribution in [0.5, 0.6) is 11.5 Å². The Balaban J connectivity index is 1.33. The first-order valence-corrected chi connectivity index (χ1v) is 12.9. The van der Waals surface area contributed by atoms with E-state index in [1.165, 1.54) is 11.3 Å². The predicted octanol–water partition coefficient (Wildman–Crippen LogP) is 4.69. The van der Waals surface area contributed by atoms with Crippen LogP contribution >= 0.6 is 22.9 Å². The van der Waals surface area contributed by atoms with Crippen molar-refractivity contribution < 1.29 is 19.0 Å². The number of halogens is 1. The van der Waals surface area contributed by atoms with E-state index in [0.717, 1.165) is 54.4 Å². The van der Waals surface area contributed by atoms with Crippen LogP contribution in [0, 0.1) is 0 Å². The highest BCUT2D eigenvalue weighted by molar-refractivity contribution is 7.16. The van der Waals surface area contributed by atoms with Crippen LogP contribution in [-0.2, 0) is 4.74 Å². The van der Waals surface area contributed by atoms with E-state index in [-0.39, 0.29) is 0 Å². The van der Waals surface area contributed by atoms with E-state index in [0.29, 0.717) is 28.0 Å². The standard InChI is InChI=1S/C26H27ClN4O4S/c1-17(18-5-4-8-21(24(18)27)34-14-11-30-9-12-33-13-10-30)35-22-15-23(36-25(22)26(28)32)31-16-29-19-6-2-3-7-20(19)31/h2-8,15-17H,9-14H2,1H3,(H2,28,32). The molecule has 8 nitrogen and oxygen atoms in total. The summed E-state index contributed by atoms with van der Waals surface area (Å²) in [4.78, 5) is 19.3. The normalized spacial score (nSPS) is 15.2. The minimum absolute atomic E-state index is 0.337. The molecule has 0 saturated carbocycles. The summed E-state index contributed by atoms with van der Waals surface area (Å²) in [5.74, 6) is 0.454. The number of ether oxygens (including phenoxy) is 3. The predicted molar refractivity (Wildman–Crippen MR) is 141 cm³/mol. The van der Waals surface area contributed by atoms with Crippen molar-refractivity contribution in [2.45, 2.75) is 13.0 Å². The Hall–Kier alpha value is -3.11. The van der Waals surface area contributed by atoms with Crippen LogP contribution in [0.25, 0.3) is 16.0 Å². The van der Waals surface area contributed by atoms with Crippen LogP contribution in [-0.4, -0.2) is 59.8 Å². The zero-order chi connectivity index (χ0) is 25.1. The number of rotatable bonds is 9. The first-order chi connectivity index (χ1) is 17.5. The van der Waals surface area contributed by atoms with Crippen LogP contribution in [0.3, 0.4) is 0 Å². The number of hydrogen-bond donors (Lipinski definition) is 1. The van der Waals surface area contributed by atoms with Gasteiger partial charge < -0.3 is 19.9 Å². The number of primary amides is 1. The highest BCUT2D eigenvalue weighted by atomic mass is 35.5. The minimum Gasteiger partial charge on any atom is -0.491 e. The van der Waals surface area contributed by atoms with Gasteiger partial charge in [-0.1, -0.05) is 35.9 Å². The number of fused-ring (bicyclic) bond motifs is 1. The summed E-state index contributed by atoms with van der Waals surface area (Å²) >= 11 is 7.97. The van der Waals surface area contributed by atoms with Gasteiger partial charge in [0.05, 0.1) is 29.3 Å². The summed E-state index contributed by atoms with van der Waals surface area (Å²) in [7, 11) is 0. The number of benzene rings is 2. The third-order valence-electron chi connectivity index (χ3n) is 6.10. The Morgan fingerprint density at radius 3 is 2.81 bits per heavy atom. The SMILES string of the molecule is CC(Oc1cc(-n2cnc3ccccc32)sc1C(N)=O)c1cccc(OCCN2CCOCC2)c1Cl. The van der Waals surface area contributed by atoms with Crippen LogP contribution in [0.15, 0.2) is 54.9 Å². The molecule has 1 amide bonds. The summed E-state index contributed by atoms with van der Waals surface area (Å²) in [5, 5.41) is 1.27. The molecular weight excluding hydrogens is 500 g/mol. The molecule has 0 radical (unpaired) electrons. The van der Waals surface area contributed by atoms with Gasteiger partial charge in [-0.2, -0.15) is 0 Å². The second-order valence-corrected chi connectivity index (χ2v) is 9.88. The Bertz CT molecular complexity index is 1370. The molecule has 1 saturated heterocycles. The summed E-state index contributed by atoms with van der Waals surface area (Å²) in [5.41, 5.74) is 8.24. The Kier molecular flexibility index (Phi) is 7.43. The number of para-hydroxylation sites is 2. The van der Waals surface area contributed by atoms with E-state index in [2.05, 4.69) is 9.88 Å².